The molecule has 92 valence electrons. The predicted octanol–water partition coefficient (Wildman–Crippen LogP) is 2.67. The highest BCUT2D eigenvalue weighted by Crippen LogP contribution is 2.32. The minimum absolute atomic E-state index is 0.0605. The van der Waals surface area contributed by atoms with Gasteiger partial charge < -0.3 is 10.1 Å². The highest BCUT2D eigenvalue weighted by atomic mass is 16.5. The van der Waals surface area contributed by atoms with E-state index in [2.05, 4.69) is 17.5 Å². The molecule has 1 aliphatic carbocycles. The van der Waals surface area contributed by atoms with E-state index in [1.54, 1.807) is 19.2 Å². The summed E-state index contributed by atoms with van der Waals surface area (Å²) in [5.74, 6) is 0.711. The average Bonchev–Trinajstić information content (AvgIpc) is 2.86. The summed E-state index contributed by atoms with van der Waals surface area (Å²) in [6.07, 6.45) is 3.03. The van der Waals surface area contributed by atoms with Gasteiger partial charge in [-0.25, -0.2) is 0 Å². The zero-order valence-corrected chi connectivity index (χ0v) is 10.3. The van der Waals surface area contributed by atoms with Gasteiger partial charge in [0.1, 0.15) is 5.75 Å². The van der Waals surface area contributed by atoms with E-state index in [9.17, 15) is 0 Å². The number of methoxy groups -OCH3 is 1. The molecule has 1 saturated carbocycles. The molecule has 2 rings (SSSR count). The van der Waals surface area contributed by atoms with E-state index in [0.29, 0.717) is 11.3 Å². The van der Waals surface area contributed by atoms with Gasteiger partial charge >= 0.3 is 0 Å². The number of ether oxygens (including phenoxy) is 1. The lowest BCUT2D eigenvalue weighted by Crippen LogP contribution is -2.23. The second-order valence-electron chi connectivity index (χ2n) is 4.44. The largest absolute Gasteiger partial charge is 0.495 e. The molecule has 0 spiro atoms. The zero-order valence-electron chi connectivity index (χ0n) is 10.3. The Morgan fingerprint density at radius 1 is 1.33 bits per heavy atom. The van der Waals surface area contributed by atoms with Crippen molar-refractivity contribution in [3.8, 4) is 17.9 Å². The Morgan fingerprint density at radius 3 is 2.83 bits per heavy atom. The van der Waals surface area contributed by atoms with Gasteiger partial charge in [0.15, 0.2) is 0 Å². The highest BCUT2D eigenvalue weighted by Gasteiger charge is 2.27. The molecule has 1 aliphatic rings. The van der Waals surface area contributed by atoms with Gasteiger partial charge in [-0.2, -0.15) is 10.5 Å². The third-order valence-electron chi connectivity index (χ3n) is 3.35. The van der Waals surface area contributed by atoms with Crippen LogP contribution >= 0.6 is 0 Å². The number of anilines is 1. The molecule has 4 nitrogen and oxygen atoms in total. The average molecular weight is 241 g/mol. The minimum Gasteiger partial charge on any atom is -0.495 e. The van der Waals surface area contributed by atoms with Crippen LogP contribution in [0.4, 0.5) is 5.69 Å². The summed E-state index contributed by atoms with van der Waals surface area (Å²) < 4.78 is 5.27. The van der Waals surface area contributed by atoms with Crippen LogP contribution in [0, 0.1) is 28.6 Å². The maximum absolute atomic E-state index is 9.06. The van der Waals surface area contributed by atoms with Crippen LogP contribution in [0.25, 0.3) is 0 Å². The number of nitrogens with one attached hydrogen (secondary N) is 1. The molecular weight excluding hydrogens is 226 g/mol. The quantitative estimate of drug-likeness (QED) is 0.883. The Morgan fingerprint density at radius 2 is 2.17 bits per heavy atom. The van der Waals surface area contributed by atoms with Crippen LogP contribution in [0.5, 0.6) is 5.75 Å². The summed E-state index contributed by atoms with van der Waals surface area (Å²) in [6, 6.07) is 9.89. The molecule has 0 bridgehead atoms. The first-order valence-corrected chi connectivity index (χ1v) is 6.02. The lowest BCUT2D eigenvalue weighted by Gasteiger charge is -2.19. The Kier molecular flexibility index (Phi) is 3.69. The molecule has 0 aliphatic heterocycles. The van der Waals surface area contributed by atoms with E-state index >= 15 is 0 Å². The van der Waals surface area contributed by atoms with Gasteiger partial charge in [0.25, 0.3) is 0 Å². The number of rotatable bonds is 3. The summed E-state index contributed by atoms with van der Waals surface area (Å²) >= 11 is 0. The van der Waals surface area contributed by atoms with Gasteiger partial charge in [-0.15, -0.1) is 0 Å². The van der Waals surface area contributed by atoms with E-state index in [0.717, 1.165) is 24.9 Å². The Bertz CT molecular complexity index is 513. The Hall–Kier alpha value is -2.20. The van der Waals surface area contributed by atoms with Gasteiger partial charge in [0.2, 0.25) is 0 Å². The van der Waals surface area contributed by atoms with Crippen molar-refractivity contribution in [1.82, 2.24) is 0 Å². The number of hydrogen-bond donors (Lipinski definition) is 1. The van der Waals surface area contributed by atoms with Gasteiger partial charge in [-0.1, -0.05) is 0 Å². The molecule has 0 saturated heterocycles. The third-order valence-corrected chi connectivity index (χ3v) is 3.35. The lowest BCUT2D eigenvalue weighted by molar-refractivity contribution is 0.415. The van der Waals surface area contributed by atoms with Crippen molar-refractivity contribution in [2.45, 2.75) is 25.3 Å². The first kappa shape index (κ1) is 12.3. The maximum Gasteiger partial charge on any atom is 0.143 e. The molecule has 2 unspecified atom stereocenters. The summed E-state index contributed by atoms with van der Waals surface area (Å²) in [5.41, 5.74) is 1.42. The van der Waals surface area contributed by atoms with Gasteiger partial charge in [-0.3, -0.25) is 0 Å². The lowest BCUT2D eigenvalue weighted by atomic mass is 10.1. The maximum atomic E-state index is 9.06. The molecule has 0 heterocycles. The number of nitrogens with zero attached hydrogens (tertiary/aromatic N) is 2. The van der Waals surface area contributed by atoms with E-state index < -0.39 is 0 Å². The van der Waals surface area contributed by atoms with Gasteiger partial charge in [0, 0.05) is 12.1 Å². The van der Waals surface area contributed by atoms with Crippen molar-refractivity contribution in [2.75, 3.05) is 12.4 Å². The molecule has 1 N–H and O–H groups in total. The number of benzene rings is 1. The van der Waals surface area contributed by atoms with Crippen LogP contribution in [-0.2, 0) is 0 Å². The van der Waals surface area contributed by atoms with Crippen molar-refractivity contribution < 1.29 is 4.74 Å². The molecule has 4 heteroatoms. The van der Waals surface area contributed by atoms with Crippen LogP contribution in [0.1, 0.15) is 24.8 Å². The van der Waals surface area contributed by atoms with Crippen LogP contribution in [0.15, 0.2) is 18.2 Å². The fourth-order valence-electron chi connectivity index (χ4n) is 2.37. The normalized spacial score (nSPS) is 21.9. The summed E-state index contributed by atoms with van der Waals surface area (Å²) in [6.45, 7) is 0. The predicted molar refractivity (Wildman–Crippen MR) is 68.1 cm³/mol. The first-order chi connectivity index (χ1) is 8.78. The molecular formula is C14H15N3O. The summed E-state index contributed by atoms with van der Waals surface area (Å²) in [7, 11) is 1.58. The second-order valence-corrected chi connectivity index (χ2v) is 4.44. The van der Waals surface area contributed by atoms with E-state index in [-0.39, 0.29) is 12.0 Å². The van der Waals surface area contributed by atoms with E-state index in [1.165, 1.54) is 0 Å². The first-order valence-electron chi connectivity index (χ1n) is 6.02. The SMILES string of the molecule is COc1cc(C#N)ccc1NC1CCCC1C#N. The van der Waals surface area contributed by atoms with Crippen molar-refractivity contribution in [3.63, 3.8) is 0 Å². The molecule has 1 aromatic carbocycles. The Balaban J connectivity index is 2.19. The van der Waals surface area contributed by atoms with Crippen LogP contribution in [0.2, 0.25) is 0 Å². The molecule has 0 radical (unpaired) electrons. The molecule has 0 aromatic heterocycles. The van der Waals surface area contributed by atoms with Crippen molar-refractivity contribution >= 4 is 5.69 Å². The Labute approximate surface area is 107 Å². The summed E-state index contributed by atoms with van der Waals surface area (Å²) in [4.78, 5) is 0. The van der Waals surface area contributed by atoms with Crippen molar-refractivity contribution in [1.29, 1.82) is 10.5 Å². The molecule has 1 aromatic rings. The second kappa shape index (κ2) is 5.42. The van der Waals surface area contributed by atoms with Crippen molar-refractivity contribution in [3.05, 3.63) is 23.8 Å². The minimum atomic E-state index is 0.0605. The van der Waals surface area contributed by atoms with Crippen LogP contribution < -0.4 is 10.1 Å². The van der Waals surface area contributed by atoms with Crippen LogP contribution in [0.3, 0.4) is 0 Å². The van der Waals surface area contributed by atoms with Gasteiger partial charge in [0.05, 0.1) is 36.4 Å². The standard InChI is InChI=1S/C14H15N3O/c1-18-14-7-10(8-15)5-6-13(14)17-12-4-2-3-11(12)9-16/h5-7,11-12,17H,2-4H2,1H3. The molecule has 18 heavy (non-hydrogen) atoms. The van der Waals surface area contributed by atoms with Crippen molar-refractivity contribution in [2.24, 2.45) is 5.92 Å². The third kappa shape index (κ3) is 2.38. The zero-order chi connectivity index (χ0) is 13.0. The topological polar surface area (TPSA) is 68.8 Å². The summed E-state index contributed by atoms with van der Waals surface area (Å²) in [5, 5.41) is 21.3. The molecule has 0 amide bonds. The van der Waals surface area contributed by atoms with Gasteiger partial charge in [-0.05, 0) is 31.4 Å². The number of hydrogen-bond acceptors (Lipinski definition) is 4. The van der Waals surface area contributed by atoms with E-state index in [1.807, 2.05) is 6.07 Å². The molecule has 2 atom stereocenters. The number of nitriles is 2. The van der Waals surface area contributed by atoms with Crippen LogP contribution in [-0.4, -0.2) is 13.2 Å². The smallest absolute Gasteiger partial charge is 0.143 e. The fraction of sp³-hybridized carbons (Fsp3) is 0.429. The fourth-order valence-corrected chi connectivity index (χ4v) is 2.37. The molecule has 1 fully saturated rings. The monoisotopic (exact) mass is 241 g/mol. The van der Waals surface area contributed by atoms with E-state index in [4.69, 9.17) is 15.3 Å². The highest BCUT2D eigenvalue weighted by molar-refractivity contribution is 5.60.